The molecule has 5 heteroatoms. The molecule has 1 heterocycles. The van der Waals surface area contributed by atoms with Crippen LogP contribution in [0.3, 0.4) is 0 Å². The first kappa shape index (κ1) is 11.7. The van der Waals surface area contributed by atoms with Crippen LogP contribution >= 0.6 is 12.4 Å². The molecule has 0 fully saturated rings. The molecule has 0 aromatic heterocycles. The van der Waals surface area contributed by atoms with E-state index in [9.17, 15) is 9.90 Å². The fraction of sp³-hybridized carbons (Fsp3) is 0.300. The molecule has 0 aliphatic carbocycles. The standard InChI is InChI=1S/C10H11NO3.ClH/c1-5-9(10(13)14)7-4-6(12)2-3-8(7)11-5;/h2-5,9,11-12H,1H3,(H,13,14);1H. The van der Waals surface area contributed by atoms with Gasteiger partial charge in [-0.1, -0.05) is 0 Å². The van der Waals surface area contributed by atoms with Gasteiger partial charge in [0.25, 0.3) is 0 Å². The molecule has 0 saturated carbocycles. The molecule has 1 aromatic rings. The van der Waals surface area contributed by atoms with E-state index >= 15 is 0 Å². The van der Waals surface area contributed by atoms with E-state index in [-0.39, 0.29) is 24.2 Å². The number of aliphatic carboxylic acids is 1. The van der Waals surface area contributed by atoms with Crippen molar-refractivity contribution in [2.24, 2.45) is 0 Å². The van der Waals surface area contributed by atoms with E-state index in [2.05, 4.69) is 5.32 Å². The SMILES string of the molecule is CC1Nc2ccc(O)cc2C1C(=O)O.Cl. The average molecular weight is 230 g/mol. The van der Waals surface area contributed by atoms with E-state index in [4.69, 9.17) is 5.11 Å². The molecule has 82 valence electrons. The predicted molar refractivity (Wildman–Crippen MR) is 58.8 cm³/mol. The molecule has 1 aliphatic heterocycles. The smallest absolute Gasteiger partial charge is 0.313 e. The van der Waals surface area contributed by atoms with Gasteiger partial charge in [0, 0.05) is 11.7 Å². The summed E-state index contributed by atoms with van der Waals surface area (Å²) >= 11 is 0. The van der Waals surface area contributed by atoms with Gasteiger partial charge in [-0.15, -0.1) is 12.4 Å². The van der Waals surface area contributed by atoms with Gasteiger partial charge in [-0.05, 0) is 30.7 Å². The number of hydrogen-bond acceptors (Lipinski definition) is 3. The number of phenolic OH excluding ortho intramolecular Hbond substituents is 1. The van der Waals surface area contributed by atoms with Crippen LogP contribution in [0, 0.1) is 0 Å². The number of hydrogen-bond donors (Lipinski definition) is 3. The van der Waals surface area contributed by atoms with Crippen molar-refractivity contribution >= 4 is 24.1 Å². The third-order valence-electron chi connectivity index (χ3n) is 2.52. The number of carboxylic acids is 1. The lowest BCUT2D eigenvalue weighted by molar-refractivity contribution is -0.138. The number of nitrogens with one attached hydrogen (secondary N) is 1. The summed E-state index contributed by atoms with van der Waals surface area (Å²) in [6.07, 6.45) is 0. The van der Waals surface area contributed by atoms with Gasteiger partial charge in [0.2, 0.25) is 0 Å². The van der Waals surface area contributed by atoms with Crippen LogP contribution < -0.4 is 5.32 Å². The van der Waals surface area contributed by atoms with Crippen LogP contribution in [0.5, 0.6) is 5.75 Å². The number of aromatic hydroxyl groups is 1. The fourth-order valence-corrected chi connectivity index (χ4v) is 1.88. The molecule has 4 nitrogen and oxygen atoms in total. The monoisotopic (exact) mass is 229 g/mol. The number of benzene rings is 1. The zero-order valence-electron chi connectivity index (χ0n) is 8.10. The van der Waals surface area contributed by atoms with Gasteiger partial charge >= 0.3 is 5.97 Å². The third kappa shape index (κ3) is 1.85. The lowest BCUT2D eigenvalue weighted by Crippen LogP contribution is -2.22. The van der Waals surface area contributed by atoms with Crippen LogP contribution in [0.2, 0.25) is 0 Å². The van der Waals surface area contributed by atoms with E-state index in [1.807, 2.05) is 6.92 Å². The molecule has 0 amide bonds. The highest BCUT2D eigenvalue weighted by molar-refractivity contribution is 5.85. The van der Waals surface area contributed by atoms with Crippen molar-refractivity contribution in [3.05, 3.63) is 23.8 Å². The van der Waals surface area contributed by atoms with Crippen LogP contribution in [0.4, 0.5) is 5.69 Å². The summed E-state index contributed by atoms with van der Waals surface area (Å²) in [5.74, 6) is -1.34. The Labute approximate surface area is 93.3 Å². The predicted octanol–water partition coefficient (Wildman–Crippen LogP) is 1.80. The second-order valence-corrected chi connectivity index (χ2v) is 3.52. The molecule has 2 rings (SSSR count). The van der Waals surface area contributed by atoms with Crippen molar-refractivity contribution < 1.29 is 15.0 Å². The molecule has 0 radical (unpaired) electrons. The topological polar surface area (TPSA) is 69.6 Å². The first-order valence-corrected chi connectivity index (χ1v) is 4.42. The Bertz CT molecular complexity index is 394. The molecular weight excluding hydrogens is 218 g/mol. The molecule has 1 aliphatic rings. The van der Waals surface area contributed by atoms with Crippen molar-refractivity contribution in [1.82, 2.24) is 0 Å². The van der Waals surface area contributed by atoms with E-state index in [1.54, 1.807) is 12.1 Å². The zero-order chi connectivity index (χ0) is 10.3. The van der Waals surface area contributed by atoms with E-state index in [0.29, 0.717) is 5.56 Å². The molecule has 0 bridgehead atoms. The third-order valence-corrected chi connectivity index (χ3v) is 2.52. The summed E-state index contributed by atoms with van der Waals surface area (Å²) in [6.45, 7) is 1.82. The van der Waals surface area contributed by atoms with Crippen molar-refractivity contribution in [3.63, 3.8) is 0 Å². The quantitative estimate of drug-likeness (QED) is 0.643. The average Bonchev–Trinajstić information content (AvgIpc) is 2.40. The van der Waals surface area contributed by atoms with Gasteiger partial charge in [-0.25, -0.2) is 0 Å². The molecule has 0 saturated heterocycles. The molecule has 1 aromatic carbocycles. The first-order valence-electron chi connectivity index (χ1n) is 4.42. The van der Waals surface area contributed by atoms with E-state index < -0.39 is 11.9 Å². The molecular formula is C10H12ClNO3. The summed E-state index contributed by atoms with van der Waals surface area (Å²) in [7, 11) is 0. The number of halogens is 1. The van der Waals surface area contributed by atoms with Gasteiger partial charge in [0.1, 0.15) is 11.7 Å². The summed E-state index contributed by atoms with van der Waals surface area (Å²) in [5.41, 5.74) is 1.45. The highest BCUT2D eigenvalue weighted by Gasteiger charge is 2.34. The Balaban J connectivity index is 0.00000112. The van der Waals surface area contributed by atoms with Crippen LogP contribution in [-0.4, -0.2) is 22.2 Å². The normalized spacial score (nSPS) is 22.5. The Hall–Kier alpha value is -1.42. The van der Waals surface area contributed by atoms with Crippen LogP contribution in [-0.2, 0) is 4.79 Å². The van der Waals surface area contributed by atoms with Gasteiger partial charge in [0.05, 0.1) is 0 Å². The number of carbonyl (C=O) groups is 1. The number of phenols is 1. The maximum absolute atomic E-state index is 11.0. The van der Waals surface area contributed by atoms with Gasteiger partial charge in [-0.2, -0.15) is 0 Å². The molecule has 0 spiro atoms. The molecule has 15 heavy (non-hydrogen) atoms. The highest BCUT2D eigenvalue weighted by atomic mass is 35.5. The minimum Gasteiger partial charge on any atom is -0.508 e. The maximum atomic E-state index is 11.0. The van der Waals surface area contributed by atoms with Crippen LogP contribution in [0.15, 0.2) is 18.2 Å². The van der Waals surface area contributed by atoms with Crippen molar-refractivity contribution in [3.8, 4) is 5.75 Å². The van der Waals surface area contributed by atoms with Gasteiger partial charge in [0.15, 0.2) is 0 Å². The van der Waals surface area contributed by atoms with E-state index in [1.165, 1.54) is 6.07 Å². The van der Waals surface area contributed by atoms with Gasteiger partial charge < -0.3 is 15.5 Å². The van der Waals surface area contributed by atoms with Crippen LogP contribution in [0.1, 0.15) is 18.4 Å². The minimum absolute atomic E-state index is 0. The number of anilines is 1. The first-order chi connectivity index (χ1) is 6.59. The van der Waals surface area contributed by atoms with Crippen LogP contribution in [0.25, 0.3) is 0 Å². The Kier molecular flexibility index (Phi) is 3.09. The summed E-state index contributed by atoms with van der Waals surface area (Å²) in [4.78, 5) is 11.0. The molecule has 2 atom stereocenters. The minimum atomic E-state index is -0.866. The second kappa shape index (κ2) is 3.98. The lowest BCUT2D eigenvalue weighted by atomic mass is 9.96. The largest absolute Gasteiger partial charge is 0.508 e. The number of fused-ring (bicyclic) bond motifs is 1. The van der Waals surface area contributed by atoms with E-state index in [0.717, 1.165) is 5.69 Å². The second-order valence-electron chi connectivity index (χ2n) is 3.52. The lowest BCUT2D eigenvalue weighted by Gasteiger charge is -2.10. The summed E-state index contributed by atoms with van der Waals surface area (Å²) in [6, 6.07) is 4.61. The number of rotatable bonds is 1. The Morgan fingerprint density at radius 3 is 2.73 bits per heavy atom. The number of carboxylic acid groups (broad SMARTS) is 1. The zero-order valence-corrected chi connectivity index (χ0v) is 8.91. The molecule has 3 N–H and O–H groups in total. The highest BCUT2D eigenvalue weighted by Crippen LogP contribution is 2.37. The van der Waals surface area contributed by atoms with Crippen molar-refractivity contribution in [2.45, 2.75) is 18.9 Å². The summed E-state index contributed by atoms with van der Waals surface area (Å²) in [5, 5.41) is 21.3. The fourth-order valence-electron chi connectivity index (χ4n) is 1.88. The maximum Gasteiger partial charge on any atom is 0.313 e. The van der Waals surface area contributed by atoms with Crippen molar-refractivity contribution in [1.29, 1.82) is 0 Å². The summed E-state index contributed by atoms with van der Waals surface area (Å²) < 4.78 is 0. The Morgan fingerprint density at radius 1 is 1.47 bits per heavy atom. The van der Waals surface area contributed by atoms with Gasteiger partial charge in [-0.3, -0.25) is 4.79 Å². The van der Waals surface area contributed by atoms with Crippen molar-refractivity contribution in [2.75, 3.05) is 5.32 Å². The Morgan fingerprint density at radius 2 is 2.13 bits per heavy atom. The molecule has 2 unspecified atom stereocenters.